The molecular weight excluding hydrogens is 220 g/mol. The van der Waals surface area contributed by atoms with E-state index >= 15 is 0 Å². The van der Waals surface area contributed by atoms with E-state index in [2.05, 4.69) is 15.3 Å². The van der Waals surface area contributed by atoms with Gasteiger partial charge in [0.05, 0.1) is 12.2 Å². The lowest BCUT2D eigenvalue weighted by Gasteiger charge is -2.12. The van der Waals surface area contributed by atoms with Crippen molar-refractivity contribution in [1.29, 1.82) is 0 Å². The minimum atomic E-state index is -0.157. The van der Waals surface area contributed by atoms with Crippen molar-refractivity contribution in [2.45, 2.75) is 13.5 Å². The van der Waals surface area contributed by atoms with Crippen LogP contribution in [0.25, 0.3) is 0 Å². The summed E-state index contributed by atoms with van der Waals surface area (Å²) in [6.45, 7) is 2.34. The number of aryl methyl sites for hydroxylation is 1. The maximum Gasteiger partial charge on any atom is 0.246 e. The first-order valence-corrected chi connectivity index (χ1v) is 5.30. The number of carbonyl (C=O) groups excluding carboxylic acids is 1. The molecule has 0 aliphatic rings. The summed E-state index contributed by atoms with van der Waals surface area (Å²) in [5.74, 6) is 0.483. The molecule has 0 aromatic carbocycles. The first kappa shape index (κ1) is 13.4. The Morgan fingerprint density at radius 1 is 1.47 bits per heavy atom. The molecule has 0 spiro atoms. The predicted molar refractivity (Wildman–Crippen MR) is 64.8 cm³/mol. The fourth-order valence-electron chi connectivity index (χ4n) is 1.28. The van der Waals surface area contributed by atoms with Crippen molar-refractivity contribution in [3.05, 3.63) is 17.5 Å². The number of amides is 1. The Kier molecular flexibility index (Phi) is 4.84. The fraction of sp³-hybridized carbons (Fsp3) is 0.545. The lowest BCUT2D eigenvalue weighted by Crippen LogP contribution is -2.27. The van der Waals surface area contributed by atoms with Crippen molar-refractivity contribution in [2.75, 3.05) is 32.7 Å². The summed E-state index contributed by atoms with van der Waals surface area (Å²) in [5, 5.41) is 2.72. The summed E-state index contributed by atoms with van der Waals surface area (Å²) >= 11 is 0. The van der Waals surface area contributed by atoms with E-state index in [0.717, 1.165) is 11.4 Å². The highest BCUT2D eigenvalue weighted by molar-refractivity contribution is 5.77. The van der Waals surface area contributed by atoms with Crippen LogP contribution in [-0.2, 0) is 16.1 Å². The smallest absolute Gasteiger partial charge is 0.246 e. The molecule has 1 heterocycles. The second-order valence-electron chi connectivity index (χ2n) is 3.90. The normalized spacial score (nSPS) is 10.1. The number of aromatic nitrogens is 2. The van der Waals surface area contributed by atoms with Crippen LogP contribution in [0.3, 0.4) is 0 Å². The zero-order chi connectivity index (χ0) is 12.8. The molecule has 0 saturated carbocycles. The van der Waals surface area contributed by atoms with Crippen LogP contribution in [0.4, 0.5) is 5.95 Å². The Labute approximate surface area is 101 Å². The van der Waals surface area contributed by atoms with Crippen molar-refractivity contribution in [3.8, 4) is 0 Å². The summed E-state index contributed by atoms with van der Waals surface area (Å²) in [5.41, 5.74) is 1.66. The Morgan fingerprint density at radius 2 is 2.18 bits per heavy atom. The number of nitrogens with one attached hydrogen (secondary N) is 1. The second-order valence-corrected chi connectivity index (χ2v) is 3.90. The Morgan fingerprint density at radius 3 is 2.76 bits per heavy atom. The molecule has 6 nitrogen and oxygen atoms in total. The van der Waals surface area contributed by atoms with Crippen molar-refractivity contribution in [1.82, 2.24) is 15.3 Å². The molecule has 0 aliphatic carbocycles. The van der Waals surface area contributed by atoms with Crippen molar-refractivity contribution < 1.29 is 9.53 Å². The number of carbonyl (C=O) groups is 1. The maximum absolute atomic E-state index is 11.2. The average Bonchev–Trinajstić information content (AvgIpc) is 2.26. The molecule has 0 unspecified atom stereocenters. The van der Waals surface area contributed by atoms with Gasteiger partial charge in [0.25, 0.3) is 0 Å². The van der Waals surface area contributed by atoms with Gasteiger partial charge in [0.2, 0.25) is 11.9 Å². The van der Waals surface area contributed by atoms with Crippen LogP contribution in [0.2, 0.25) is 0 Å². The van der Waals surface area contributed by atoms with Crippen LogP contribution in [0.1, 0.15) is 11.4 Å². The lowest BCUT2D eigenvalue weighted by molar-refractivity contribution is -0.124. The van der Waals surface area contributed by atoms with E-state index in [-0.39, 0.29) is 12.5 Å². The lowest BCUT2D eigenvalue weighted by atomic mass is 10.3. The molecule has 1 N–H and O–H groups in total. The molecule has 0 atom stereocenters. The van der Waals surface area contributed by atoms with E-state index in [9.17, 15) is 4.79 Å². The number of rotatable bonds is 5. The highest BCUT2D eigenvalue weighted by Gasteiger charge is 2.05. The van der Waals surface area contributed by atoms with Gasteiger partial charge in [0.15, 0.2) is 0 Å². The minimum Gasteiger partial charge on any atom is -0.375 e. The molecule has 0 radical (unpaired) electrons. The maximum atomic E-state index is 11.2. The van der Waals surface area contributed by atoms with E-state index in [4.69, 9.17) is 4.74 Å². The topological polar surface area (TPSA) is 67.3 Å². The van der Waals surface area contributed by atoms with Gasteiger partial charge in [0, 0.05) is 26.9 Å². The van der Waals surface area contributed by atoms with Gasteiger partial charge in [-0.15, -0.1) is 0 Å². The standard InChI is InChI=1S/C11H18N4O2/c1-8-5-9(6-12-10(16)7-17-4)14-11(13-8)15(2)3/h5H,6-7H2,1-4H3,(H,12,16). The van der Waals surface area contributed by atoms with Crippen molar-refractivity contribution >= 4 is 11.9 Å². The third-order valence-electron chi connectivity index (χ3n) is 2.04. The minimum absolute atomic E-state index is 0.0601. The fourth-order valence-corrected chi connectivity index (χ4v) is 1.28. The third-order valence-corrected chi connectivity index (χ3v) is 2.04. The van der Waals surface area contributed by atoms with Gasteiger partial charge in [-0.1, -0.05) is 0 Å². The van der Waals surface area contributed by atoms with Crippen LogP contribution in [0.5, 0.6) is 0 Å². The second kappa shape index (κ2) is 6.15. The van der Waals surface area contributed by atoms with Gasteiger partial charge in [0.1, 0.15) is 6.61 Å². The number of hydrogen-bond donors (Lipinski definition) is 1. The molecule has 6 heteroatoms. The predicted octanol–water partition coefficient (Wildman–Crippen LogP) is 0.114. The molecule has 1 amide bonds. The van der Waals surface area contributed by atoms with Gasteiger partial charge >= 0.3 is 0 Å². The molecule has 17 heavy (non-hydrogen) atoms. The summed E-state index contributed by atoms with van der Waals surface area (Å²) < 4.78 is 4.72. The summed E-state index contributed by atoms with van der Waals surface area (Å²) in [6.07, 6.45) is 0. The number of anilines is 1. The van der Waals surface area contributed by atoms with Crippen LogP contribution < -0.4 is 10.2 Å². The van der Waals surface area contributed by atoms with E-state index in [1.807, 2.05) is 32.0 Å². The quantitative estimate of drug-likeness (QED) is 0.789. The number of nitrogens with zero attached hydrogens (tertiary/aromatic N) is 3. The van der Waals surface area contributed by atoms with Gasteiger partial charge in [-0.3, -0.25) is 4.79 Å². The van der Waals surface area contributed by atoms with Crippen LogP contribution >= 0.6 is 0 Å². The zero-order valence-corrected chi connectivity index (χ0v) is 10.6. The van der Waals surface area contributed by atoms with Gasteiger partial charge in [-0.2, -0.15) is 0 Å². The first-order chi connectivity index (χ1) is 8.02. The largest absolute Gasteiger partial charge is 0.375 e. The first-order valence-electron chi connectivity index (χ1n) is 5.30. The zero-order valence-electron chi connectivity index (χ0n) is 10.6. The van der Waals surface area contributed by atoms with Crippen LogP contribution in [0.15, 0.2) is 6.07 Å². The molecule has 1 aromatic heterocycles. The van der Waals surface area contributed by atoms with E-state index in [1.165, 1.54) is 7.11 Å². The van der Waals surface area contributed by atoms with E-state index in [0.29, 0.717) is 12.5 Å². The van der Waals surface area contributed by atoms with E-state index in [1.54, 1.807) is 0 Å². The highest BCUT2D eigenvalue weighted by atomic mass is 16.5. The number of methoxy groups -OCH3 is 1. The molecule has 0 fully saturated rings. The van der Waals surface area contributed by atoms with Gasteiger partial charge in [-0.25, -0.2) is 9.97 Å². The SMILES string of the molecule is COCC(=O)NCc1cc(C)nc(N(C)C)n1. The molecular formula is C11H18N4O2. The van der Waals surface area contributed by atoms with Crippen molar-refractivity contribution in [3.63, 3.8) is 0 Å². The monoisotopic (exact) mass is 238 g/mol. The summed E-state index contributed by atoms with van der Waals surface area (Å²) in [6, 6.07) is 1.85. The number of ether oxygens (including phenoxy) is 1. The Hall–Kier alpha value is -1.69. The molecule has 0 aliphatic heterocycles. The van der Waals surface area contributed by atoms with Crippen LogP contribution in [0, 0.1) is 6.92 Å². The van der Waals surface area contributed by atoms with Crippen molar-refractivity contribution in [2.24, 2.45) is 0 Å². The average molecular weight is 238 g/mol. The summed E-state index contributed by atoms with van der Waals surface area (Å²) in [7, 11) is 5.24. The molecule has 0 saturated heterocycles. The molecule has 94 valence electrons. The van der Waals surface area contributed by atoms with Gasteiger partial charge < -0.3 is 15.0 Å². The Balaban J connectivity index is 2.68. The van der Waals surface area contributed by atoms with Gasteiger partial charge in [-0.05, 0) is 13.0 Å². The summed E-state index contributed by atoms with van der Waals surface area (Å²) in [4.78, 5) is 21.7. The number of hydrogen-bond acceptors (Lipinski definition) is 5. The molecule has 0 bridgehead atoms. The van der Waals surface area contributed by atoms with E-state index < -0.39 is 0 Å². The third kappa shape index (κ3) is 4.36. The molecule has 1 rings (SSSR count). The highest BCUT2D eigenvalue weighted by Crippen LogP contribution is 2.07. The Bertz CT molecular complexity index is 393. The molecule has 1 aromatic rings. The van der Waals surface area contributed by atoms with Crippen LogP contribution in [-0.4, -0.2) is 43.7 Å².